The van der Waals surface area contributed by atoms with E-state index in [1.165, 1.54) is 0 Å². The Morgan fingerprint density at radius 1 is 1.53 bits per heavy atom. The first-order valence-corrected chi connectivity index (χ1v) is 5.82. The lowest BCUT2D eigenvalue weighted by Gasteiger charge is -2.20. The van der Waals surface area contributed by atoms with Crippen LogP contribution in [0.5, 0.6) is 0 Å². The van der Waals surface area contributed by atoms with Crippen molar-refractivity contribution in [2.24, 2.45) is 0 Å². The molecule has 1 aliphatic rings. The van der Waals surface area contributed by atoms with Gasteiger partial charge in [0, 0.05) is 19.3 Å². The van der Waals surface area contributed by atoms with Crippen LogP contribution in [0.25, 0.3) is 0 Å². The van der Waals surface area contributed by atoms with E-state index in [2.05, 4.69) is 10.3 Å². The molecule has 0 bridgehead atoms. The molecule has 0 aliphatic carbocycles. The molecule has 17 heavy (non-hydrogen) atoms. The van der Waals surface area contributed by atoms with Crippen molar-refractivity contribution in [1.29, 1.82) is 0 Å². The maximum absolute atomic E-state index is 11.4. The number of carbonyl (C=O) groups excluding carboxylic acids is 1. The summed E-state index contributed by atoms with van der Waals surface area (Å²) in [7, 11) is 0. The summed E-state index contributed by atoms with van der Waals surface area (Å²) in [4.78, 5) is 17.7. The molecule has 1 aromatic rings. The average Bonchev–Trinajstić information content (AvgIpc) is 2.54. The first-order valence-electron chi connectivity index (χ1n) is 5.82. The lowest BCUT2D eigenvalue weighted by atomic mass is 10.2. The van der Waals surface area contributed by atoms with Gasteiger partial charge in [-0.15, -0.1) is 0 Å². The van der Waals surface area contributed by atoms with Crippen LogP contribution in [0, 0.1) is 0 Å². The van der Waals surface area contributed by atoms with Crippen molar-refractivity contribution in [2.75, 3.05) is 24.5 Å². The molecule has 0 radical (unpaired) electrons. The molecule has 1 amide bonds. The minimum Gasteiger partial charge on any atom is -0.389 e. The number of hydrogen-bond donors (Lipinski definition) is 2. The van der Waals surface area contributed by atoms with Crippen molar-refractivity contribution in [2.45, 2.75) is 19.4 Å². The van der Waals surface area contributed by atoms with Crippen molar-refractivity contribution in [3.05, 3.63) is 23.9 Å². The summed E-state index contributed by atoms with van der Waals surface area (Å²) in [6, 6.07) is 3.69. The number of anilines is 1. The Morgan fingerprint density at radius 3 is 3.00 bits per heavy atom. The normalized spacial score (nSPS) is 18.5. The molecule has 1 fully saturated rings. The minimum atomic E-state index is -0.510. The fraction of sp³-hybridized carbons (Fsp3) is 0.500. The average molecular weight is 235 g/mol. The number of aliphatic hydroxyl groups excluding tert-OH is 1. The van der Waals surface area contributed by atoms with Crippen molar-refractivity contribution >= 4 is 11.7 Å². The van der Waals surface area contributed by atoms with Crippen LogP contribution in [0.4, 0.5) is 5.82 Å². The summed E-state index contributed by atoms with van der Waals surface area (Å²) in [5.41, 5.74) is 0.785. The third-order valence-electron chi connectivity index (χ3n) is 2.84. The largest absolute Gasteiger partial charge is 0.389 e. The van der Waals surface area contributed by atoms with E-state index in [0.29, 0.717) is 6.54 Å². The molecule has 0 spiro atoms. The van der Waals surface area contributed by atoms with E-state index in [1.807, 2.05) is 17.0 Å². The monoisotopic (exact) mass is 235 g/mol. The zero-order chi connectivity index (χ0) is 12.3. The van der Waals surface area contributed by atoms with Gasteiger partial charge in [0.05, 0.1) is 12.6 Å². The van der Waals surface area contributed by atoms with Gasteiger partial charge in [-0.2, -0.15) is 0 Å². The number of rotatable bonds is 2. The van der Waals surface area contributed by atoms with E-state index in [1.54, 1.807) is 13.1 Å². The fourth-order valence-corrected chi connectivity index (χ4v) is 1.83. The first kappa shape index (κ1) is 11.9. The SMILES string of the molecule is C[C@H](O)c1ccc(N2CCCNC(=O)C2)nc1. The highest BCUT2D eigenvalue weighted by molar-refractivity contribution is 5.81. The standard InChI is InChI=1S/C12H17N3O2/c1-9(16)10-3-4-11(14-7-10)15-6-2-5-13-12(17)8-15/h3-4,7,9,16H,2,5-6,8H2,1H3,(H,13,17)/t9-/m0/s1. The third-order valence-corrected chi connectivity index (χ3v) is 2.84. The lowest BCUT2D eigenvalue weighted by Crippen LogP contribution is -2.33. The van der Waals surface area contributed by atoms with Gasteiger partial charge < -0.3 is 15.3 Å². The highest BCUT2D eigenvalue weighted by Crippen LogP contribution is 2.16. The van der Waals surface area contributed by atoms with Gasteiger partial charge in [-0.3, -0.25) is 4.79 Å². The van der Waals surface area contributed by atoms with Crippen LogP contribution in [0.3, 0.4) is 0 Å². The second-order valence-corrected chi connectivity index (χ2v) is 4.25. The van der Waals surface area contributed by atoms with Gasteiger partial charge >= 0.3 is 0 Å². The third kappa shape index (κ3) is 2.94. The molecule has 1 atom stereocenters. The topological polar surface area (TPSA) is 65.5 Å². The van der Waals surface area contributed by atoms with E-state index in [-0.39, 0.29) is 5.91 Å². The number of aromatic nitrogens is 1. The predicted octanol–water partition coefficient (Wildman–Crippen LogP) is 0.461. The Kier molecular flexibility index (Phi) is 3.58. The van der Waals surface area contributed by atoms with Gasteiger partial charge in [0.15, 0.2) is 0 Å². The van der Waals surface area contributed by atoms with Crippen molar-refractivity contribution in [3.63, 3.8) is 0 Å². The maximum atomic E-state index is 11.4. The van der Waals surface area contributed by atoms with Crippen LogP contribution in [0.1, 0.15) is 25.0 Å². The summed E-state index contributed by atoms with van der Waals surface area (Å²) in [5.74, 6) is 0.815. The Labute approximate surface area is 100 Å². The molecule has 0 unspecified atom stereocenters. The molecule has 1 aromatic heterocycles. The number of aliphatic hydroxyl groups is 1. The molecule has 92 valence electrons. The Morgan fingerprint density at radius 2 is 2.35 bits per heavy atom. The van der Waals surface area contributed by atoms with Crippen LogP contribution in [-0.4, -0.2) is 35.6 Å². The van der Waals surface area contributed by atoms with Gasteiger partial charge in [-0.25, -0.2) is 4.98 Å². The molecular weight excluding hydrogens is 218 g/mol. The number of pyridine rings is 1. The first-order chi connectivity index (χ1) is 8.16. The van der Waals surface area contributed by atoms with Gasteiger partial charge in [-0.05, 0) is 25.0 Å². The zero-order valence-electron chi connectivity index (χ0n) is 9.89. The quantitative estimate of drug-likeness (QED) is 0.781. The fourth-order valence-electron chi connectivity index (χ4n) is 1.83. The summed E-state index contributed by atoms with van der Waals surface area (Å²) in [5, 5.41) is 12.2. The lowest BCUT2D eigenvalue weighted by molar-refractivity contribution is -0.119. The van der Waals surface area contributed by atoms with Crippen molar-refractivity contribution in [3.8, 4) is 0 Å². The molecular formula is C12H17N3O2. The van der Waals surface area contributed by atoms with E-state index in [0.717, 1.165) is 30.9 Å². The van der Waals surface area contributed by atoms with Crippen LogP contribution >= 0.6 is 0 Å². The van der Waals surface area contributed by atoms with Gasteiger partial charge in [0.25, 0.3) is 0 Å². The number of carbonyl (C=O) groups is 1. The Hall–Kier alpha value is -1.62. The van der Waals surface area contributed by atoms with Crippen LogP contribution in [0.2, 0.25) is 0 Å². The van der Waals surface area contributed by atoms with Crippen LogP contribution < -0.4 is 10.2 Å². The molecule has 0 aromatic carbocycles. The molecule has 5 nitrogen and oxygen atoms in total. The summed E-state index contributed by atoms with van der Waals surface area (Å²) < 4.78 is 0. The molecule has 5 heteroatoms. The van der Waals surface area contributed by atoms with Gasteiger partial charge in [0.1, 0.15) is 5.82 Å². The minimum absolute atomic E-state index is 0.0314. The summed E-state index contributed by atoms with van der Waals surface area (Å²) >= 11 is 0. The Bertz CT molecular complexity index is 389. The van der Waals surface area contributed by atoms with E-state index in [9.17, 15) is 9.90 Å². The second kappa shape index (κ2) is 5.14. The highest BCUT2D eigenvalue weighted by atomic mass is 16.3. The number of nitrogens with one attached hydrogen (secondary N) is 1. The van der Waals surface area contributed by atoms with E-state index >= 15 is 0 Å². The van der Waals surface area contributed by atoms with Gasteiger partial charge in [-0.1, -0.05) is 6.07 Å². The number of hydrogen-bond acceptors (Lipinski definition) is 4. The highest BCUT2D eigenvalue weighted by Gasteiger charge is 2.15. The number of nitrogens with zero attached hydrogens (tertiary/aromatic N) is 2. The van der Waals surface area contributed by atoms with Crippen molar-refractivity contribution in [1.82, 2.24) is 10.3 Å². The van der Waals surface area contributed by atoms with Crippen LogP contribution in [0.15, 0.2) is 18.3 Å². The van der Waals surface area contributed by atoms with Crippen molar-refractivity contribution < 1.29 is 9.90 Å². The zero-order valence-corrected chi connectivity index (χ0v) is 9.89. The molecule has 1 aliphatic heterocycles. The van der Waals surface area contributed by atoms with Gasteiger partial charge in [0.2, 0.25) is 5.91 Å². The summed E-state index contributed by atoms with van der Waals surface area (Å²) in [6.07, 6.45) is 2.07. The molecule has 2 rings (SSSR count). The summed E-state index contributed by atoms with van der Waals surface area (Å²) in [6.45, 7) is 3.60. The predicted molar refractivity (Wildman–Crippen MR) is 64.7 cm³/mol. The van der Waals surface area contributed by atoms with E-state index < -0.39 is 6.10 Å². The van der Waals surface area contributed by atoms with E-state index in [4.69, 9.17) is 0 Å². The Balaban J connectivity index is 2.12. The second-order valence-electron chi connectivity index (χ2n) is 4.25. The molecule has 0 saturated carbocycles. The maximum Gasteiger partial charge on any atom is 0.239 e. The molecule has 2 heterocycles. The smallest absolute Gasteiger partial charge is 0.239 e. The molecule has 1 saturated heterocycles. The molecule has 2 N–H and O–H groups in total. The van der Waals surface area contributed by atoms with Crippen LogP contribution in [-0.2, 0) is 4.79 Å². The number of amides is 1.